The lowest BCUT2D eigenvalue weighted by Crippen LogP contribution is -2.53. The average Bonchev–Trinajstić information content (AvgIpc) is 3.52. The van der Waals surface area contributed by atoms with Crippen LogP contribution in [0, 0.1) is 11.7 Å². The van der Waals surface area contributed by atoms with Crippen LogP contribution >= 0.6 is 0 Å². The predicted octanol–water partition coefficient (Wildman–Crippen LogP) is 3.62. The number of hydrogen-bond donors (Lipinski definition) is 0. The van der Waals surface area contributed by atoms with Crippen LogP contribution in [0.25, 0.3) is 0 Å². The van der Waals surface area contributed by atoms with Gasteiger partial charge in [-0.1, -0.05) is 6.07 Å². The molecule has 3 aliphatic heterocycles. The van der Waals surface area contributed by atoms with Crippen LogP contribution in [0.15, 0.2) is 59.7 Å². The Labute approximate surface area is 197 Å². The molecule has 0 bridgehead atoms. The van der Waals surface area contributed by atoms with E-state index in [2.05, 4.69) is 16.1 Å². The Morgan fingerprint density at radius 1 is 1.06 bits per heavy atom. The van der Waals surface area contributed by atoms with E-state index in [0.717, 1.165) is 35.0 Å². The molecule has 0 aliphatic carbocycles. The first-order valence-corrected chi connectivity index (χ1v) is 11.7. The van der Waals surface area contributed by atoms with Crippen molar-refractivity contribution in [2.45, 2.75) is 19.4 Å². The summed E-state index contributed by atoms with van der Waals surface area (Å²) in [7, 11) is 0. The number of fused-ring (bicyclic) bond motifs is 2. The molecule has 174 valence electrons. The first-order chi connectivity index (χ1) is 16.6. The summed E-state index contributed by atoms with van der Waals surface area (Å²) in [6.45, 7) is 5.25. The van der Waals surface area contributed by atoms with E-state index in [9.17, 15) is 9.18 Å². The fourth-order valence-corrected chi connectivity index (χ4v) is 5.30. The monoisotopic (exact) mass is 459 g/mol. The number of ether oxygens (including phenoxy) is 1. The summed E-state index contributed by atoms with van der Waals surface area (Å²) in [6.07, 6.45) is 2.61. The molecule has 0 radical (unpaired) electrons. The van der Waals surface area contributed by atoms with E-state index >= 15 is 0 Å². The van der Waals surface area contributed by atoms with Crippen LogP contribution in [0.4, 0.5) is 15.9 Å². The third-order valence-electron chi connectivity index (χ3n) is 7.07. The summed E-state index contributed by atoms with van der Waals surface area (Å²) in [4.78, 5) is 22.8. The number of anilines is 1. The summed E-state index contributed by atoms with van der Waals surface area (Å²) in [5.41, 5.74) is 4.00. The van der Waals surface area contributed by atoms with Gasteiger partial charge in [-0.2, -0.15) is 5.10 Å². The summed E-state index contributed by atoms with van der Waals surface area (Å²) in [6, 6.07) is 14.4. The number of halogens is 1. The molecule has 6 rings (SSSR count). The van der Waals surface area contributed by atoms with Crippen molar-refractivity contribution in [2.24, 2.45) is 10.9 Å². The number of rotatable bonds is 3. The molecule has 1 amide bonds. The van der Waals surface area contributed by atoms with Crippen LogP contribution in [-0.2, 0) is 11.2 Å². The smallest absolute Gasteiger partial charge is 0.234 e. The van der Waals surface area contributed by atoms with Crippen molar-refractivity contribution in [1.29, 1.82) is 0 Å². The SMILES string of the molecule is CC1=Nc2ccnn2C(c2ccc3c(c2)CCO3)C1C(=O)N1CCN(c2ccc(F)cc2)CC1. The van der Waals surface area contributed by atoms with E-state index in [1.807, 2.05) is 34.7 Å². The van der Waals surface area contributed by atoms with Crippen molar-refractivity contribution in [3.8, 4) is 5.75 Å². The third-order valence-corrected chi connectivity index (χ3v) is 7.07. The summed E-state index contributed by atoms with van der Waals surface area (Å²) >= 11 is 0. The zero-order chi connectivity index (χ0) is 23.2. The van der Waals surface area contributed by atoms with Crippen molar-refractivity contribution in [3.63, 3.8) is 0 Å². The van der Waals surface area contributed by atoms with Crippen LogP contribution in [0.2, 0.25) is 0 Å². The maximum absolute atomic E-state index is 13.9. The van der Waals surface area contributed by atoms with E-state index in [-0.39, 0.29) is 17.8 Å². The average molecular weight is 460 g/mol. The minimum Gasteiger partial charge on any atom is -0.493 e. The van der Waals surface area contributed by atoms with Gasteiger partial charge in [-0.3, -0.25) is 4.79 Å². The zero-order valence-corrected chi connectivity index (χ0v) is 19.0. The molecule has 34 heavy (non-hydrogen) atoms. The Balaban J connectivity index is 1.27. The van der Waals surface area contributed by atoms with Crippen LogP contribution in [-0.4, -0.2) is 59.1 Å². The van der Waals surface area contributed by atoms with Crippen molar-refractivity contribution in [1.82, 2.24) is 14.7 Å². The van der Waals surface area contributed by atoms with Gasteiger partial charge in [0.2, 0.25) is 5.91 Å². The lowest BCUT2D eigenvalue weighted by Gasteiger charge is -2.40. The number of piperazine rings is 1. The van der Waals surface area contributed by atoms with Gasteiger partial charge in [0.1, 0.15) is 17.5 Å². The summed E-state index contributed by atoms with van der Waals surface area (Å²) in [5, 5.41) is 4.55. The molecule has 3 aliphatic rings. The fraction of sp³-hybridized carbons (Fsp3) is 0.346. The van der Waals surface area contributed by atoms with E-state index in [1.165, 1.54) is 17.7 Å². The highest BCUT2D eigenvalue weighted by atomic mass is 19.1. The minimum absolute atomic E-state index is 0.0721. The lowest BCUT2D eigenvalue weighted by molar-refractivity contribution is -0.134. The number of nitrogens with zero attached hydrogens (tertiary/aromatic N) is 5. The molecule has 0 saturated carbocycles. The Morgan fingerprint density at radius 3 is 2.65 bits per heavy atom. The van der Waals surface area contributed by atoms with E-state index in [4.69, 9.17) is 9.73 Å². The second-order valence-corrected chi connectivity index (χ2v) is 9.06. The van der Waals surface area contributed by atoms with Crippen LogP contribution in [0.3, 0.4) is 0 Å². The molecule has 3 aromatic rings. The molecule has 2 unspecified atom stereocenters. The highest BCUT2D eigenvalue weighted by molar-refractivity contribution is 6.05. The summed E-state index contributed by atoms with van der Waals surface area (Å²) < 4.78 is 20.9. The third kappa shape index (κ3) is 3.54. The first-order valence-electron chi connectivity index (χ1n) is 11.7. The second-order valence-electron chi connectivity index (χ2n) is 9.06. The molecule has 1 aromatic heterocycles. The van der Waals surface area contributed by atoms with Gasteiger partial charge in [-0.25, -0.2) is 14.1 Å². The largest absolute Gasteiger partial charge is 0.493 e. The van der Waals surface area contributed by atoms with Crippen molar-refractivity contribution in [3.05, 3.63) is 71.7 Å². The quantitative estimate of drug-likeness (QED) is 0.600. The van der Waals surface area contributed by atoms with Crippen molar-refractivity contribution < 1.29 is 13.9 Å². The fourth-order valence-electron chi connectivity index (χ4n) is 5.30. The number of carbonyl (C=O) groups excluding carboxylic acids is 1. The highest BCUT2D eigenvalue weighted by Crippen LogP contribution is 2.39. The standard InChI is InChI=1S/C26H26FN5O2/c1-17-24(26(33)31-13-11-30(12-14-31)21-5-3-20(27)4-6-21)25(32-23(29-17)8-10-28-32)19-2-7-22-18(16-19)9-15-34-22/h2-8,10,16,24-25H,9,11-15H2,1H3. The number of hydrogen-bond acceptors (Lipinski definition) is 5. The van der Waals surface area contributed by atoms with Gasteiger partial charge in [0.15, 0.2) is 5.82 Å². The van der Waals surface area contributed by atoms with Crippen LogP contribution < -0.4 is 9.64 Å². The molecule has 4 heterocycles. The van der Waals surface area contributed by atoms with E-state index < -0.39 is 5.92 Å². The Bertz CT molecular complexity index is 1260. The van der Waals surface area contributed by atoms with Crippen LogP contribution in [0.5, 0.6) is 5.75 Å². The van der Waals surface area contributed by atoms with Crippen molar-refractivity contribution >= 4 is 23.1 Å². The molecule has 1 saturated heterocycles. The molecule has 2 aromatic carbocycles. The molecule has 2 atom stereocenters. The van der Waals surface area contributed by atoms with Crippen molar-refractivity contribution in [2.75, 3.05) is 37.7 Å². The molecule has 1 fully saturated rings. The number of amides is 1. The van der Waals surface area contributed by atoms with Gasteiger partial charge in [-0.15, -0.1) is 0 Å². The first kappa shape index (κ1) is 20.9. The Kier molecular flexibility index (Phi) is 5.08. The summed E-state index contributed by atoms with van der Waals surface area (Å²) in [5.74, 6) is 1.09. The molecule has 0 N–H and O–H groups in total. The highest BCUT2D eigenvalue weighted by Gasteiger charge is 2.41. The normalized spacial score (nSPS) is 21.5. The number of benzene rings is 2. The molecule has 7 nitrogen and oxygen atoms in total. The molecular formula is C26H26FN5O2. The Morgan fingerprint density at radius 2 is 1.85 bits per heavy atom. The predicted molar refractivity (Wildman–Crippen MR) is 127 cm³/mol. The molecular weight excluding hydrogens is 433 g/mol. The number of carbonyl (C=O) groups is 1. The Hall–Kier alpha value is -3.68. The minimum atomic E-state index is -0.426. The number of aliphatic imine (C=N–C) groups is 1. The van der Waals surface area contributed by atoms with Gasteiger partial charge < -0.3 is 14.5 Å². The maximum atomic E-state index is 13.9. The number of aromatic nitrogens is 2. The van der Waals surface area contributed by atoms with E-state index in [1.54, 1.807) is 18.3 Å². The zero-order valence-electron chi connectivity index (χ0n) is 19.0. The molecule has 0 spiro atoms. The van der Waals surface area contributed by atoms with Crippen LogP contribution in [0.1, 0.15) is 24.1 Å². The van der Waals surface area contributed by atoms with Gasteiger partial charge in [0, 0.05) is 50.1 Å². The second kappa shape index (κ2) is 8.27. The molecule has 8 heteroatoms. The van der Waals surface area contributed by atoms with Gasteiger partial charge in [0.25, 0.3) is 0 Å². The van der Waals surface area contributed by atoms with Gasteiger partial charge >= 0.3 is 0 Å². The lowest BCUT2D eigenvalue weighted by atomic mass is 9.86. The topological polar surface area (TPSA) is 63.0 Å². The van der Waals surface area contributed by atoms with E-state index in [0.29, 0.717) is 32.8 Å². The van der Waals surface area contributed by atoms with Gasteiger partial charge in [-0.05, 0) is 54.4 Å². The maximum Gasteiger partial charge on any atom is 0.234 e. The van der Waals surface area contributed by atoms with Gasteiger partial charge in [0.05, 0.1) is 18.8 Å².